The fraction of sp³-hybridized carbons (Fsp3) is 0.286. The van der Waals surface area contributed by atoms with Gasteiger partial charge < -0.3 is 10.1 Å². The van der Waals surface area contributed by atoms with Crippen LogP contribution in [0.2, 0.25) is 0 Å². The Morgan fingerprint density at radius 1 is 1.25 bits per heavy atom. The van der Waals surface area contributed by atoms with E-state index in [1.54, 1.807) is 6.07 Å². The fourth-order valence-corrected chi connectivity index (χ4v) is 2.81. The van der Waals surface area contributed by atoms with Crippen LogP contribution >= 0.6 is 0 Å². The molecule has 0 bridgehead atoms. The van der Waals surface area contributed by atoms with E-state index in [9.17, 15) is 4.79 Å². The largest absolute Gasteiger partial charge is 0.379 e. The van der Waals surface area contributed by atoms with Gasteiger partial charge >= 0.3 is 6.03 Å². The molecule has 0 unspecified atom stereocenters. The van der Waals surface area contributed by atoms with Crippen LogP contribution in [0.5, 0.6) is 0 Å². The molecular weight excluding hydrogens is 354 g/mol. The number of fused-ring (bicyclic) bond motifs is 1. The first-order valence-electron chi connectivity index (χ1n) is 9.22. The molecule has 2 aromatic carbocycles. The summed E-state index contributed by atoms with van der Waals surface area (Å²) in [4.78, 5) is 12.1. The van der Waals surface area contributed by atoms with Crippen molar-refractivity contribution in [3.63, 3.8) is 0 Å². The lowest BCUT2D eigenvalue weighted by Crippen LogP contribution is -2.30. The number of amides is 2. The quantitative estimate of drug-likeness (QED) is 0.541. The van der Waals surface area contributed by atoms with Gasteiger partial charge in [0, 0.05) is 18.5 Å². The Kier molecular flexibility index (Phi) is 6.25. The predicted molar refractivity (Wildman–Crippen MR) is 109 cm³/mol. The number of hydrogen-bond acceptors (Lipinski definition) is 4. The zero-order chi connectivity index (χ0) is 19.9. The molecule has 0 fully saturated rings. The van der Waals surface area contributed by atoms with E-state index in [-0.39, 0.29) is 12.1 Å². The Balaban J connectivity index is 1.64. The number of H-pyrrole nitrogens is 1. The number of aromatic amines is 1. The third-order valence-electron chi connectivity index (χ3n) is 4.18. The number of nitrogens with one attached hydrogen (secondary N) is 3. The molecule has 1 aromatic heterocycles. The summed E-state index contributed by atoms with van der Waals surface area (Å²) in [6, 6.07) is 15.1. The lowest BCUT2D eigenvalue weighted by Gasteiger charge is -2.08. The van der Waals surface area contributed by atoms with Gasteiger partial charge in [0.2, 0.25) is 0 Å². The Morgan fingerprint density at radius 2 is 2.07 bits per heavy atom. The van der Waals surface area contributed by atoms with Crippen LogP contribution in [0, 0.1) is 11.3 Å². The first-order chi connectivity index (χ1) is 13.6. The fourth-order valence-electron chi connectivity index (χ4n) is 2.81. The molecule has 0 saturated carbocycles. The highest BCUT2D eigenvalue weighted by molar-refractivity contribution is 6.00. The van der Waals surface area contributed by atoms with E-state index >= 15 is 0 Å². The number of carbonyl (C=O) groups is 1. The standard InChI is InChI=1S/C21H23N5O2/c1-14(2)28-10-4-9-23-21(27)24-20-18-8-7-17(12-19(18)25-26-20)16-6-3-5-15(11-16)13-22/h3,5-8,11-12,14H,4,9-10H2,1-2H3,(H3,23,24,25,26,27). The Morgan fingerprint density at radius 3 is 2.86 bits per heavy atom. The minimum absolute atomic E-state index is 0.191. The monoisotopic (exact) mass is 377 g/mol. The molecule has 28 heavy (non-hydrogen) atoms. The zero-order valence-corrected chi connectivity index (χ0v) is 16.0. The summed E-state index contributed by atoms with van der Waals surface area (Å²) in [6.07, 6.45) is 0.939. The number of nitrogens with zero attached hydrogens (tertiary/aromatic N) is 2. The second kappa shape index (κ2) is 9.02. The molecule has 0 atom stereocenters. The van der Waals surface area contributed by atoms with Gasteiger partial charge in [-0.15, -0.1) is 0 Å². The summed E-state index contributed by atoms with van der Waals surface area (Å²) in [7, 11) is 0. The minimum atomic E-state index is -0.302. The van der Waals surface area contributed by atoms with Gasteiger partial charge in [-0.2, -0.15) is 10.4 Å². The van der Waals surface area contributed by atoms with E-state index in [0.717, 1.165) is 28.5 Å². The summed E-state index contributed by atoms with van der Waals surface area (Å²) >= 11 is 0. The predicted octanol–water partition coefficient (Wildman–Crippen LogP) is 4.04. The lowest BCUT2D eigenvalue weighted by molar-refractivity contribution is 0.0775. The van der Waals surface area contributed by atoms with Crippen LogP contribution in [0.4, 0.5) is 10.6 Å². The van der Waals surface area contributed by atoms with Gasteiger partial charge in [-0.1, -0.05) is 18.2 Å². The first-order valence-corrected chi connectivity index (χ1v) is 9.22. The molecule has 0 spiro atoms. The molecule has 2 amide bonds. The highest BCUT2D eigenvalue weighted by Crippen LogP contribution is 2.27. The molecular formula is C21H23N5O2. The first kappa shape index (κ1) is 19.4. The third kappa shape index (κ3) is 4.87. The minimum Gasteiger partial charge on any atom is -0.379 e. The molecule has 0 aliphatic carbocycles. The zero-order valence-electron chi connectivity index (χ0n) is 16.0. The Hall–Kier alpha value is -3.37. The van der Waals surface area contributed by atoms with Crippen LogP contribution in [-0.2, 0) is 4.74 Å². The number of rotatable bonds is 7. The number of ether oxygens (including phenoxy) is 1. The molecule has 3 N–H and O–H groups in total. The number of urea groups is 1. The van der Waals surface area contributed by atoms with Crippen molar-refractivity contribution in [1.29, 1.82) is 5.26 Å². The maximum atomic E-state index is 12.1. The number of carbonyl (C=O) groups excluding carboxylic acids is 1. The summed E-state index contributed by atoms with van der Waals surface area (Å²) in [5.41, 5.74) is 3.33. The summed E-state index contributed by atoms with van der Waals surface area (Å²) in [5.74, 6) is 0.475. The van der Waals surface area contributed by atoms with Gasteiger partial charge in [-0.3, -0.25) is 10.4 Å². The molecule has 0 saturated heterocycles. The van der Waals surface area contributed by atoms with Crippen molar-refractivity contribution in [2.75, 3.05) is 18.5 Å². The molecule has 0 aliphatic heterocycles. The third-order valence-corrected chi connectivity index (χ3v) is 4.18. The van der Waals surface area contributed by atoms with Gasteiger partial charge in [0.15, 0.2) is 5.82 Å². The lowest BCUT2D eigenvalue weighted by atomic mass is 10.0. The van der Waals surface area contributed by atoms with E-state index < -0.39 is 0 Å². The number of benzene rings is 2. The molecule has 3 rings (SSSR count). The van der Waals surface area contributed by atoms with E-state index in [0.29, 0.717) is 24.5 Å². The van der Waals surface area contributed by atoms with Crippen LogP contribution in [0.15, 0.2) is 42.5 Å². The molecule has 3 aromatic rings. The molecule has 1 heterocycles. The van der Waals surface area contributed by atoms with E-state index in [4.69, 9.17) is 10.00 Å². The van der Waals surface area contributed by atoms with Crippen molar-refractivity contribution >= 4 is 22.8 Å². The van der Waals surface area contributed by atoms with Gasteiger partial charge in [-0.05, 0) is 55.7 Å². The normalized spacial score (nSPS) is 10.8. The van der Waals surface area contributed by atoms with Gasteiger partial charge in [0.05, 0.1) is 23.3 Å². The van der Waals surface area contributed by atoms with Crippen molar-refractivity contribution in [2.24, 2.45) is 0 Å². The molecule has 7 nitrogen and oxygen atoms in total. The average Bonchev–Trinajstić information content (AvgIpc) is 3.09. The van der Waals surface area contributed by atoms with Crippen LogP contribution < -0.4 is 10.6 Å². The molecule has 0 aliphatic rings. The average molecular weight is 377 g/mol. The summed E-state index contributed by atoms with van der Waals surface area (Å²) < 4.78 is 5.44. The summed E-state index contributed by atoms with van der Waals surface area (Å²) in [6.45, 7) is 5.10. The smallest absolute Gasteiger partial charge is 0.320 e. The second-order valence-electron chi connectivity index (χ2n) is 6.68. The van der Waals surface area contributed by atoms with E-state index in [1.807, 2.05) is 50.2 Å². The number of hydrogen-bond donors (Lipinski definition) is 3. The van der Waals surface area contributed by atoms with E-state index in [1.165, 1.54) is 0 Å². The maximum Gasteiger partial charge on any atom is 0.320 e. The van der Waals surface area contributed by atoms with Crippen LogP contribution in [0.1, 0.15) is 25.8 Å². The topological polar surface area (TPSA) is 103 Å². The Labute approximate surface area is 163 Å². The van der Waals surface area contributed by atoms with Crippen LogP contribution in [-0.4, -0.2) is 35.5 Å². The number of nitriles is 1. The highest BCUT2D eigenvalue weighted by atomic mass is 16.5. The second-order valence-corrected chi connectivity index (χ2v) is 6.68. The number of anilines is 1. The van der Waals surface area contributed by atoms with Gasteiger partial charge in [0.25, 0.3) is 0 Å². The van der Waals surface area contributed by atoms with Gasteiger partial charge in [0.1, 0.15) is 0 Å². The summed E-state index contributed by atoms with van der Waals surface area (Å²) in [5, 5.41) is 22.6. The van der Waals surface area contributed by atoms with Gasteiger partial charge in [-0.25, -0.2) is 4.79 Å². The molecule has 144 valence electrons. The van der Waals surface area contributed by atoms with Crippen molar-refractivity contribution in [3.8, 4) is 17.2 Å². The number of aromatic nitrogens is 2. The highest BCUT2D eigenvalue weighted by Gasteiger charge is 2.10. The molecule has 0 radical (unpaired) electrons. The van der Waals surface area contributed by atoms with Crippen molar-refractivity contribution in [2.45, 2.75) is 26.4 Å². The van der Waals surface area contributed by atoms with Crippen molar-refractivity contribution in [1.82, 2.24) is 15.5 Å². The maximum absolute atomic E-state index is 12.1. The Bertz CT molecular complexity index is 1000. The van der Waals surface area contributed by atoms with Crippen molar-refractivity contribution < 1.29 is 9.53 Å². The SMILES string of the molecule is CC(C)OCCCNC(=O)Nc1n[nH]c2cc(-c3cccc(C#N)c3)ccc12. The van der Waals surface area contributed by atoms with Crippen molar-refractivity contribution in [3.05, 3.63) is 48.0 Å². The van der Waals surface area contributed by atoms with Crippen LogP contribution in [0.25, 0.3) is 22.0 Å². The molecule has 7 heteroatoms. The van der Waals surface area contributed by atoms with E-state index in [2.05, 4.69) is 26.9 Å². The van der Waals surface area contributed by atoms with Crippen LogP contribution in [0.3, 0.4) is 0 Å².